The molecule has 8 nitrogen and oxygen atoms in total. The summed E-state index contributed by atoms with van der Waals surface area (Å²) in [5, 5.41) is 21.9. The van der Waals surface area contributed by atoms with Crippen molar-refractivity contribution < 1.29 is 34.1 Å². The zero-order chi connectivity index (χ0) is 38.4. The molecule has 6 aliphatic rings. The van der Waals surface area contributed by atoms with Gasteiger partial charge >= 0.3 is 11.9 Å². The SMILES string of the molecule is CC(=O)N(CC1CCC1)C[C@H](O)[C@@]12CC[C@]3(C)[C@H](CC[C@@H]4[C@@]5(C)CC[C@H](OC(=O)CC(C)(C)C(=O)O)C(C)(C)[C@@H]5CC[C@]43C)C1=C(C(C)C)C(=O)C2. The highest BCUT2D eigenvalue weighted by molar-refractivity contribution is 6.00. The van der Waals surface area contributed by atoms with Gasteiger partial charge in [-0.2, -0.15) is 0 Å². The number of allylic oxidation sites excluding steroid dienone is 1. The number of carboxylic acids is 1. The molecule has 0 bridgehead atoms. The topological polar surface area (TPSA) is 121 Å². The van der Waals surface area contributed by atoms with E-state index in [0.717, 1.165) is 69.8 Å². The molecule has 0 aromatic rings. The third-order valence-corrected chi connectivity index (χ3v) is 17.0. The van der Waals surface area contributed by atoms with Gasteiger partial charge in [0.05, 0.1) is 17.9 Å². The Balaban J connectivity index is 1.29. The molecule has 6 aliphatic carbocycles. The summed E-state index contributed by atoms with van der Waals surface area (Å²) in [7, 11) is 0. The van der Waals surface area contributed by atoms with Crippen molar-refractivity contribution in [2.75, 3.05) is 13.1 Å². The standard InChI is InChI=1S/C44H69NO7/c1-26(2)36-30(47)22-44(33(48)25-45(27(3)46)24-28-12-11-13-28)21-20-42(9)29(37(36)44)14-15-32-41(8)18-17-34(52-35(49)23-39(4,5)38(50)51)40(6,7)31(41)16-19-43(32,42)10/h26,28-29,31-34,48H,11-25H2,1-10H3,(H,50,51)/t29-,31+,32-,33+,34+,41+,42-,43-,44+/m1/s1. The Morgan fingerprint density at radius 3 is 2.15 bits per heavy atom. The number of aliphatic hydroxyl groups is 1. The minimum absolute atomic E-state index is 0.0106. The molecule has 292 valence electrons. The quantitative estimate of drug-likeness (QED) is 0.217. The molecule has 0 aromatic carbocycles. The average molecular weight is 724 g/mol. The fourth-order valence-electron chi connectivity index (χ4n) is 13.6. The summed E-state index contributed by atoms with van der Waals surface area (Å²) >= 11 is 0. The number of carbonyl (C=O) groups is 4. The van der Waals surface area contributed by atoms with Crippen LogP contribution in [0.1, 0.15) is 153 Å². The number of carboxylic acid groups (broad SMARTS) is 1. The lowest BCUT2D eigenvalue weighted by Gasteiger charge is -2.72. The lowest BCUT2D eigenvalue weighted by atomic mass is 9.33. The first kappa shape index (κ1) is 39.5. The first-order valence-electron chi connectivity index (χ1n) is 20.7. The van der Waals surface area contributed by atoms with Crippen LogP contribution in [0.4, 0.5) is 0 Å². The second kappa shape index (κ2) is 13.2. The molecule has 6 rings (SSSR count). The van der Waals surface area contributed by atoms with E-state index < -0.39 is 28.9 Å². The molecular weight excluding hydrogens is 654 g/mol. The number of ketones is 1. The molecular formula is C44H69NO7. The highest BCUT2D eigenvalue weighted by Crippen LogP contribution is 2.77. The van der Waals surface area contributed by atoms with Crippen molar-refractivity contribution in [1.29, 1.82) is 0 Å². The van der Waals surface area contributed by atoms with E-state index in [2.05, 4.69) is 48.5 Å². The Hall–Kier alpha value is -2.22. The molecule has 8 heteroatoms. The molecule has 0 aliphatic heterocycles. The zero-order valence-electron chi connectivity index (χ0n) is 34.0. The first-order chi connectivity index (χ1) is 24.0. The number of Topliss-reactive ketones (excluding diaryl/α,β-unsaturated/α-hetero) is 1. The third-order valence-electron chi connectivity index (χ3n) is 17.0. The number of aliphatic carboxylic acids is 1. The van der Waals surface area contributed by atoms with Gasteiger partial charge in [0.15, 0.2) is 5.78 Å². The predicted molar refractivity (Wildman–Crippen MR) is 201 cm³/mol. The lowest BCUT2D eigenvalue weighted by Crippen LogP contribution is -2.66. The third kappa shape index (κ3) is 5.93. The number of carbonyl (C=O) groups excluding carboxylic acids is 3. The van der Waals surface area contributed by atoms with Crippen molar-refractivity contribution in [3.05, 3.63) is 11.1 Å². The second-order valence-electron chi connectivity index (χ2n) is 20.8. The number of hydrogen-bond acceptors (Lipinski definition) is 6. The van der Waals surface area contributed by atoms with Gasteiger partial charge in [-0.15, -0.1) is 0 Å². The highest BCUT2D eigenvalue weighted by Gasteiger charge is 2.71. The van der Waals surface area contributed by atoms with Gasteiger partial charge in [-0.1, -0.05) is 60.5 Å². The molecule has 5 saturated carbocycles. The molecule has 52 heavy (non-hydrogen) atoms. The van der Waals surface area contributed by atoms with E-state index in [1.165, 1.54) is 12.0 Å². The van der Waals surface area contributed by atoms with Crippen LogP contribution in [0.2, 0.25) is 0 Å². The highest BCUT2D eigenvalue weighted by atomic mass is 16.5. The fraction of sp³-hybridized carbons (Fsp3) is 0.864. The Labute approximate surface area is 313 Å². The number of hydrogen-bond donors (Lipinski definition) is 2. The van der Waals surface area contributed by atoms with Crippen LogP contribution in [-0.2, 0) is 23.9 Å². The van der Waals surface area contributed by atoms with E-state index in [-0.39, 0.29) is 57.7 Å². The van der Waals surface area contributed by atoms with Gasteiger partial charge in [0, 0.05) is 37.3 Å². The fourth-order valence-corrected chi connectivity index (χ4v) is 13.6. The van der Waals surface area contributed by atoms with Crippen LogP contribution in [0, 0.1) is 62.1 Å². The van der Waals surface area contributed by atoms with E-state index >= 15 is 0 Å². The van der Waals surface area contributed by atoms with Crippen LogP contribution in [0.5, 0.6) is 0 Å². The maximum atomic E-state index is 14.1. The first-order valence-corrected chi connectivity index (χ1v) is 20.7. The number of rotatable bonds is 10. The van der Waals surface area contributed by atoms with Gasteiger partial charge < -0.3 is 19.8 Å². The maximum Gasteiger partial charge on any atom is 0.309 e. The molecule has 0 spiro atoms. The van der Waals surface area contributed by atoms with Crippen molar-refractivity contribution in [3.8, 4) is 0 Å². The van der Waals surface area contributed by atoms with Crippen molar-refractivity contribution in [2.24, 2.45) is 62.1 Å². The molecule has 5 fully saturated rings. The molecule has 0 radical (unpaired) electrons. The van der Waals surface area contributed by atoms with E-state index in [1.807, 2.05) is 4.90 Å². The number of fused-ring (bicyclic) bond motifs is 7. The molecule has 0 heterocycles. The summed E-state index contributed by atoms with van der Waals surface area (Å²) in [4.78, 5) is 53.7. The average Bonchev–Trinajstić information content (AvgIpc) is 3.32. The van der Waals surface area contributed by atoms with Crippen LogP contribution < -0.4 is 0 Å². The monoisotopic (exact) mass is 724 g/mol. The smallest absolute Gasteiger partial charge is 0.309 e. The summed E-state index contributed by atoms with van der Waals surface area (Å²) in [6, 6.07) is 0. The van der Waals surface area contributed by atoms with Crippen molar-refractivity contribution in [2.45, 2.75) is 165 Å². The molecule has 0 unspecified atom stereocenters. The molecule has 0 saturated heterocycles. The summed E-state index contributed by atoms with van der Waals surface area (Å²) < 4.78 is 6.16. The van der Waals surface area contributed by atoms with Gasteiger partial charge in [0.1, 0.15) is 6.10 Å². The van der Waals surface area contributed by atoms with Crippen LogP contribution >= 0.6 is 0 Å². The zero-order valence-corrected chi connectivity index (χ0v) is 34.0. The molecule has 2 N–H and O–H groups in total. The Morgan fingerprint density at radius 1 is 0.904 bits per heavy atom. The normalized spacial score (nSPS) is 39.1. The Bertz CT molecular complexity index is 1510. The van der Waals surface area contributed by atoms with Gasteiger partial charge in [-0.25, -0.2) is 0 Å². The number of amides is 1. The van der Waals surface area contributed by atoms with Crippen LogP contribution in [-0.4, -0.2) is 64.0 Å². The van der Waals surface area contributed by atoms with Crippen LogP contribution in [0.3, 0.4) is 0 Å². The van der Waals surface area contributed by atoms with Crippen LogP contribution in [0.25, 0.3) is 0 Å². The van der Waals surface area contributed by atoms with Gasteiger partial charge in [0.25, 0.3) is 0 Å². The Morgan fingerprint density at radius 2 is 1.58 bits per heavy atom. The predicted octanol–water partition coefficient (Wildman–Crippen LogP) is 8.39. The van der Waals surface area contributed by atoms with Crippen LogP contribution in [0.15, 0.2) is 11.1 Å². The number of aliphatic hydroxyl groups excluding tert-OH is 1. The van der Waals surface area contributed by atoms with Gasteiger partial charge in [-0.05, 0) is 129 Å². The number of nitrogens with zero attached hydrogens (tertiary/aromatic N) is 1. The van der Waals surface area contributed by atoms with E-state index in [4.69, 9.17) is 4.74 Å². The molecule has 1 amide bonds. The second-order valence-corrected chi connectivity index (χ2v) is 20.8. The van der Waals surface area contributed by atoms with Gasteiger partial charge in [0.2, 0.25) is 5.91 Å². The van der Waals surface area contributed by atoms with E-state index in [9.17, 15) is 29.4 Å². The van der Waals surface area contributed by atoms with Gasteiger partial charge in [-0.3, -0.25) is 19.2 Å². The van der Waals surface area contributed by atoms with E-state index in [1.54, 1.807) is 20.8 Å². The number of ether oxygens (including phenoxy) is 1. The van der Waals surface area contributed by atoms with E-state index in [0.29, 0.717) is 37.3 Å². The summed E-state index contributed by atoms with van der Waals surface area (Å²) in [5.41, 5.74) is 0.191. The van der Waals surface area contributed by atoms with Crippen molar-refractivity contribution in [1.82, 2.24) is 4.90 Å². The molecule has 9 atom stereocenters. The minimum atomic E-state index is -1.17. The van der Waals surface area contributed by atoms with Crippen molar-refractivity contribution >= 4 is 23.6 Å². The lowest BCUT2D eigenvalue weighted by molar-refractivity contribution is -0.235. The maximum absolute atomic E-state index is 14.1. The summed E-state index contributed by atoms with van der Waals surface area (Å²) in [5.74, 6) is 0.414. The van der Waals surface area contributed by atoms with Crippen molar-refractivity contribution in [3.63, 3.8) is 0 Å². The number of esters is 1. The largest absolute Gasteiger partial charge is 0.481 e. The molecule has 0 aromatic heterocycles. The summed E-state index contributed by atoms with van der Waals surface area (Å²) in [6.45, 7) is 22.1. The Kier molecular flexibility index (Phi) is 10.0. The minimum Gasteiger partial charge on any atom is -0.481 e. The summed E-state index contributed by atoms with van der Waals surface area (Å²) in [6.07, 6.45) is 10.3.